The molecule has 2 aromatic rings. The molecule has 1 atom stereocenters. The molecule has 2 rings (SSSR count). The minimum absolute atomic E-state index is 0.0801. The molecular formula is C14H15FN2. The minimum Gasteiger partial charge on any atom is -0.324 e. The Balaban J connectivity index is 2.14. The summed E-state index contributed by atoms with van der Waals surface area (Å²) in [6.07, 6.45) is 4.25. The minimum atomic E-state index is -0.220. The van der Waals surface area contributed by atoms with Gasteiger partial charge in [0.25, 0.3) is 0 Å². The third-order valence-electron chi connectivity index (χ3n) is 2.83. The Kier molecular flexibility index (Phi) is 3.49. The Morgan fingerprint density at radius 1 is 1.24 bits per heavy atom. The van der Waals surface area contributed by atoms with E-state index in [2.05, 4.69) is 4.98 Å². The van der Waals surface area contributed by atoms with Gasteiger partial charge in [-0.15, -0.1) is 0 Å². The van der Waals surface area contributed by atoms with Gasteiger partial charge in [0.15, 0.2) is 0 Å². The van der Waals surface area contributed by atoms with Gasteiger partial charge < -0.3 is 5.73 Å². The molecule has 2 N–H and O–H groups in total. The van der Waals surface area contributed by atoms with Crippen molar-refractivity contribution in [1.82, 2.24) is 4.98 Å². The average Bonchev–Trinajstić information content (AvgIpc) is 2.32. The topological polar surface area (TPSA) is 38.9 Å². The summed E-state index contributed by atoms with van der Waals surface area (Å²) in [7, 11) is 0. The van der Waals surface area contributed by atoms with E-state index >= 15 is 0 Å². The molecule has 2 nitrogen and oxygen atoms in total. The molecule has 0 saturated heterocycles. The molecule has 0 aliphatic heterocycles. The van der Waals surface area contributed by atoms with Gasteiger partial charge in [-0.05, 0) is 48.2 Å². The van der Waals surface area contributed by atoms with Crippen molar-refractivity contribution in [3.8, 4) is 0 Å². The van der Waals surface area contributed by atoms with Gasteiger partial charge in [-0.2, -0.15) is 0 Å². The summed E-state index contributed by atoms with van der Waals surface area (Å²) in [6.45, 7) is 1.99. The highest BCUT2D eigenvalue weighted by atomic mass is 19.1. The number of halogens is 1. The third-order valence-corrected chi connectivity index (χ3v) is 2.83. The van der Waals surface area contributed by atoms with E-state index < -0.39 is 0 Å². The normalized spacial score (nSPS) is 12.4. The predicted octanol–water partition coefficient (Wildman–Crippen LogP) is 2.77. The fourth-order valence-corrected chi connectivity index (χ4v) is 1.88. The first-order chi connectivity index (χ1) is 8.16. The van der Waals surface area contributed by atoms with Crippen LogP contribution in [-0.4, -0.2) is 4.98 Å². The van der Waals surface area contributed by atoms with E-state index in [0.717, 1.165) is 16.7 Å². The summed E-state index contributed by atoms with van der Waals surface area (Å²) >= 11 is 0. The van der Waals surface area contributed by atoms with Crippen LogP contribution in [0.15, 0.2) is 42.7 Å². The maximum atomic E-state index is 12.8. The average molecular weight is 230 g/mol. The second kappa shape index (κ2) is 5.06. The molecule has 0 saturated carbocycles. The molecule has 0 aliphatic carbocycles. The third kappa shape index (κ3) is 2.88. The second-order valence-corrected chi connectivity index (χ2v) is 4.17. The first kappa shape index (κ1) is 11.7. The van der Waals surface area contributed by atoms with Crippen molar-refractivity contribution in [2.45, 2.75) is 19.4 Å². The molecule has 0 spiro atoms. The number of aryl methyl sites for hydroxylation is 1. The summed E-state index contributed by atoms with van der Waals surface area (Å²) in [6, 6.07) is 8.31. The van der Waals surface area contributed by atoms with E-state index in [1.165, 1.54) is 12.1 Å². The van der Waals surface area contributed by atoms with Crippen molar-refractivity contribution >= 4 is 0 Å². The smallest absolute Gasteiger partial charge is 0.123 e. The quantitative estimate of drug-likeness (QED) is 0.880. The van der Waals surface area contributed by atoms with Crippen molar-refractivity contribution in [1.29, 1.82) is 0 Å². The molecule has 1 aromatic heterocycles. The molecule has 1 unspecified atom stereocenters. The lowest BCUT2D eigenvalue weighted by Crippen LogP contribution is -2.14. The highest BCUT2D eigenvalue weighted by Crippen LogP contribution is 2.18. The zero-order chi connectivity index (χ0) is 12.3. The van der Waals surface area contributed by atoms with E-state index in [0.29, 0.717) is 6.42 Å². The van der Waals surface area contributed by atoms with E-state index in [4.69, 9.17) is 5.73 Å². The summed E-state index contributed by atoms with van der Waals surface area (Å²) in [4.78, 5) is 4.04. The first-order valence-corrected chi connectivity index (χ1v) is 5.57. The van der Waals surface area contributed by atoms with Crippen LogP contribution >= 0.6 is 0 Å². The Morgan fingerprint density at radius 3 is 2.59 bits per heavy atom. The number of rotatable bonds is 3. The summed E-state index contributed by atoms with van der Waals surface area (Å²) in [5, 5.41) is 0. The number of benzene rings is 1. The van der Waals surface area contributed by atoms with Crippen molar-refractivity contribution in [3.05, 3.63) is 65.2 Å². The van der Waals surface area contributed by atoms with Gasteiger partial charge in [0.1, 0.15) is 5.82 Å². The van der Waals surface area contributed by atoms with Crippen LogP contribution in [-0.2, 0) is 6.42 Å². The Hall–Kier alpha value is -1.74. The van der Waals surface area contributed by atoms with Crippen LogP contribution in [0.5, 0.6) is 0 Å². The van der Waals surface area contributed by atoms with Crippen LogP contribution in [0.1, 0.15) is 22.7 Å². The molecule has 0 bridgehead atoms. The molecular weight excluding hydrogens is 215 g/mol. The van der Waals surface area contributed by atoms with E-state index in [9.17, 15) is 4.39 Å². The van der Waals surface area contributed by atoms with Gasteiger partial charge in [0, 0.05) is 18.4 Å². The van der Waals surface area contributed by atoms with Gasteiger partial charge >= 0.3 is 0 Å². The van der Waals surface area contributed by atoms with Gasteiger partial charge in [0.2, 0.25) is 0 Å². The van der Waals surface area contributed by atoms with Gasteiger partial charge in [0.05, 0.1) is 0 Å². The van der Waals surface area contributed by atoms with Crippen LogP contribution in [0.3, 0.4) is 0 Å². The van der Waals surface area contributed by atoms with Crippen LogP contribution < -0.4 is 5.73 Å². The monoisotopic (exact) mass is 230 g/mol. The van der Waals surface area contributed by atoms with Crippen molar-refractivity contribution in [2.75, 3.05) is 0 Å². The Labute approximate surface area is 100 Å². The highest BCUT2D eigenvalue weighted by Gasteiger charge is 2.09. The maximum absolute atomic E-state index is 12.8. The molecule has 3 heteroatoms. The lowest BCUT2D eigenvalue weighted by atomic mass is 9.97. The molecule has 0 amide bonds. The van der Waals surface area contributed by atoms with Gasteiger partial charge in [-0.3, -0.25) is 4.98 Å². The summed E-state index contributed by atoms with van der Waals surface area (Å²) < 4.78 is 12.8. The largest absolute Gasteiger partial charge is 0.324 e. The first-order valence-electron chi connectivity index (χ1n) is 5.57. The van der Waals surface area contributed by atoms with E-state index in [-0.39, 0.29) is 11.9 Å². The van der Waals surface area contributed by atoms with Crippen LogP contribution in [0, 0.1) is 12.7 Å². The predicted molar refractivity (Wildman–Crippen MR) is 66.0 cm³/mol. The molecule has 1 heterocycles. The number of hydrogen-bond acceptors (Lipinski definition) is 2. The van der Waals surface area contributed by atoms with Crippen LogP contribution in [0.25, 0.3) is 0 Å². The van der Waals surface area contributed by atoms with E-state index in [1.54, 1.807) is 24.5 Å². The SMILES string of the molecule is Cc1cnccc1C(N)Cc1ccc(F)cc1. The van der Waals surface area contributed by atoms with Crippen LogP contribution in [0.4, 0.5) is 4.39 Å². The number of nitrogens with zero attached hydrogens (tertiary/aromatic N) is 1. The van der Waals surface area contributed by atoms with Crippen molar-refractivity contribution in [2.24, 2.45) is 5.73 Å². The van der Waals surface area contributed by atoms with Gasteiger partial charge in [-0.25, -0.2) is 4.39 Å². The second-order valence-electron chi connectivity index (χ2n) is 4.17. The fraction of sp³-hybridized carbons (Fsp3) is 0.214. The fourth-order valence-electron chi connectivity index (χ4n) is 1.88. The van der Waals surface area contributed by atoms with E-state index in [1.807, 2.05) is 13.0 Å². The van der Waals surface area contributed by atoms with Crippen molar-refractivity contribution in [3.63, 3.8) is 0 Å². The number of nitrogens with two attached hydrogens (primary N) is 1. The molecule has 0 radical (unpaired) electrons. The molecule has 17 heavy (non-hydrogen) atoms. The zero-order valence-corrected chi connectivity index (χ0v) is 9.73. The summed E-state index contributed by atoms with van der Waals surface area (Å²) in [5.74, 6) is -0.220. The number of pyridine rings is 1. The lowest BCUT2D eigenvalue weighted by molar-refractivity contribution is 0.625. The number of hydrogen-bond donors (Lipinski definition) is 1. The Morgan fingerprint density at radius 2 is 1.94 bits per heavy atom. The molecule has 88 valence electrons. The molecule has 0 aliphatic rings. The van der Waals surface area contributed by atoms with Crippen LogP contribution in [0.2, 0.25) is 0 Å². The maximum Gasteiger partial charge on any atom is 0.123 e. The van der Waals surface area contributed by atoms with Crippen molar-refractivity contribution < 1.29 is 4.39 Å². The lowest BCUT2D eigenvalue weighted by Gasteiger charge is -2.14. The highest BCUT2D eigenvalue weighted by molar-refractivity contribution is 5.27. The molecule has 0 fully saturated rings. The summed E-state index contributed by atoms with van der Waals surface area (Å²) in [5.41, 5.74) is 9.35. The van der Waals surface area contributed by atoms with Gasteiger partial charge in [-0.1, -0.05) is 12.1 Å². The standard InChI is InChI=1S/C14H15FN2/c1-10-9-17-7-6-13(10)14(16)8-11-2-4-12(15)5-3-11/h2-7,9,14H,8,16H2,1H3. The Bertz CT molecular complexity index is 494. The molecule has 1 aromatic carbocycles. The number of aromatic nitrogens is 1. The zero-order valence-electron chi connectivity index (χ0n) is 9.73.